The van der Waals surface area contributed by atoms with Crippen LogP contribution >= 0.6 is 0 Å². The number of hydrogen-bond donors (Lipinski definition) is 0. The number of aryl methyl sites for hydroxylation is 1. The zero-order chi connectivity index (χ0) is 23.3. The number of carbonyl (C=O) groups excluding carboxylic acids is 2. The first-order chi connectivity index (χ1) is 15.4. The summed E-state index contributed by atoms with van der Waals surface area (Å²) in [5.74, 6) is -0.784. The smallest absolute Gasteiger partial charge is 0.323 e. The van der Waals surface area contributed by atoms with Gasteiger partial charge in [0.2, 0.25) is 0 Å². The van der Waals surface area contributed by atoms with E-state index in [2.05, 4.69) is 16.8 Å². The van der Waals surface area contributed by atoms with Crippen molar-refractivity contribution in [3.8, 4) is 5.75 Å². The van der Waals surface area contributed by atoms with Crippen molar-refractivity contribution in [2.75, 3.05) is 20.3 Å². The molecule has 170 valence electrons. The summed E-state index contributed by atoms with van der Waals surface area (Å²) in [6.45, 7) is 5.43. The number of para-hydroxylation sites is 2. The van der Waals surface area contributed by atoms with E-state index in [1.165, 1.54) is 0 Å². The minimum Gasteiger partial charge on any atom is -0.496 e. The van der Waals surface area contributed by atoms with Crippen LogP contribution in [0, 0.1) is 5.41 Å². The van der Waals surface area contributed by atoms with Crippen LogP contribution in [0.25, 0.3) is 10.9 Å². The molecule has 1 atom stereocenters. The van der Waals surface area contributed by atoms with Gasteiger partial charge in [-0.05, 0) is 44.9 Å². The van der Waals surface area contributed by atoms with Gasteiger partial charge in [-0.2, -0.15) is 0 Å². The molecule has 2 aromatic carbocycles. The summed E-state index contributed by atoms with van der Waals surface area (Å²) >= 11 is 0. The monoisotopic (exact) mass is 437 g/mol. The van der Waals surface area contributed by atoms with E-state index < -0.39 is 17.4 Å². The molecule has 0 aliphatic carbocycles. The number of methoxy groups -OCH3 is 1. The third-order valence-corrected chi connectivity index (χ3v) is 5.88. The van der Waals surface area contributed by atoms with Gasteiger partial charge in [0.05, 0.1) is 20.3 Å². The number of benzene rings is 2. The summed E-state index contributed by atoms with van der Waals surface area (Å²) in [6.07, 6.45) is 2.23. The van der Waals surface area contributed by atoms with Crippen molar-refractivity contribution in [1.29, 1.82) is 0 Å². The predicted molar refractivity (Wildman–Crippen MR) is 124 cm³/mol. The molecule has 0 amide bonds. The van der Waals surface area contributed by atoms with Crippen LogP contribution in [0.15, 0.2) is 54.7 Å². The van der Waals surface area contributed by atoms with E-state index in [0.29, 0.717) is 5.75 Å². The molecule has 0 aliphatic rings. The number of fused-ring (bicyclic) bond motifs is 1. The van der Waals surface area contributed by atoms with E-state index in [1.807, 2.05) is 49.5 Å². The van der Waals surface area contributed by atoms with Gasteiger partial charge in [-0.1, -0.05) is 36.4 Å². The SMILES string of the molecule is CCOC(=O)C(C)(CC(c1ccccc1OC)c1cn(C)c2ccccc12)C(=O)OCC. The quantitative estimate of drug-likeness (QED) is 0.354. The Labute approximate surface area is 189 Å². The number of hydrogen-bond acceptors (Lipinski definition) is 5. The minimum atomic E-state index is -1.48. The number of rotatable bonds is 9. The zero-order valence-electron chi connectivity index (χ0n) is 19.4. The first kappa shape index (κ1) is 23.4. The van der Waals surface area contributed by atoms with E-state index in [-0.39, 0.29) is 25.6 Å². The third-order valence-electron chi connectivity index (χ3n) is 5.88. The second-order valence-corrected chi connectivity index (χ2v) is 7.98. The van der Waals surface area contributed by atoms with Crippen LogP contribution in [0.4, 0.5) is 0 Å². The Kier molecular flexibility index (Phi) is 7.23. The lowest BCUT2D eigenvalue weighted by Crippen LogP contribution is -2.41. The zero-order valence-corrected chi connectivity index (χ0v) is 19.4. The van der Waals surface area contributed by atoms with Gasteiger partial charge in [0.25, 0.3) is 0 Å². The van der Waals surface area contributed by atoms with E-state index in [1.54, 1.807) is 27.9 Å². The van der Waals surface area contributed by atoms with Crippen LogP contribution < -0.4 is 4.74 Å². The van der Waals surface area contributed by atoms with Crippen molar-refractivity contribution in [3.05, 3.63) is 65.9 Å². The van der Waals surface area contributed by atoms with Crippen molar-refractivity contribution in [1.82, 2.24) is 4.57 Å². The Hall–Kier alpha value is -3.28. The predicted octanol–water partition coefficient (Wildman–Crippen LogP) is 4.84. The van der Waals surface area contributed by atoms with Crippen LogP contribution in [0.3, 0.4) is 0 Å². The van der Waals surface area contributed by atoms with Gasteiger partial charge in [0.15, 0.2) is 5.41 Å². The van der Waals surface area contributed by atoms with Crippen molar-refractivity contribution >= 4 is 22.8 Å². The van der Waals surface area contributed by atoms with Crippen LogP contribution in [-0.2, 0) is 26.1 Å². The van der Waals surface area contributed by atoms with E-state index in [4.69, 9.17) is 14.2 Å². The largest absolute Gasteiger partial charge is 0.496 e. The average molecular weight is 438 g/mol. The second kappa shape index (κ2) is 9.90. The van der Waals surface area contributed by atoms with Crippen LogP contribution in [0.2, 0.25) is 0 Å². The number of aromatic nitrogens is 1. The fraction of sp³-hybridized carbons (Fsp3) is 0.385. The molecule has 32 heavy (non-hydrogen) atoms. The highest BCUT2D eigenvalue weighted by Crippen LogP contribution is 2.44. The fourth-order valence-electron chi connectivity index (χ4n) is 4.23. The van der Waals surface area contributed by atoms with Gasteiger partial charge < -0.3 is 18.8 Å². The van der Waals surface area contributed by atoms with E-state index >= 15 is 0 Å². The van der Waals surface area contributed by atoms with Crippen LogP contribution in [0.1, 0.15) is 44.2 Å². The molecule has 0 saturated heterocycles. The minimum absolute atomic E-state index is 0.180. The lowest BCUT2D eigenvalue weighted by Gasteiger charge is -2.30. The molecule has 6 heteroatoms. The third kappa shape index (κ3) is 4.35. The molecule has 1 unspecified atom stereocenters. The molecule has 1 aromatic heterocycles. The molecule has 3 rings (SSSR count). The van der Waals surface area contributed by atoms with Crippen molar-refractivity contribution < 1.29 is 23.8 Å². The summed E-state index contributed by atoms with van der Waals surface area (Å²) in [7, 11) is 3.61. The topological polar surface area (TPSA) is 66.8 Å². The van der Waals surface area contributed by atoms with Gasteiger partial charge in [0.1, 0.15) is 5.75 Å². The van der Waals surface area contributed by atoms with Crippen molar-refractivity contribution in [3.63, 3.8) is 0 Å². The maximum Gasteiger partial charge on any atom is 0.323 e. The lowest BCUT2D eigenvalue weighted by atomic mass is 9.75. The number of nitrogens with zero attached hydrogens (tertiary/aromatic N) is 1. The average Bonchev–Trinajstić information content (AvgIpc) is 3.14. The summed E-state index contributed by atoms with van der Waals surface area (Å²) in [5.41, 5.74) is 1.49. The molecule has 0 fully saturated rings. The van der Waals surface area contributed by atoms with Gasteiger partial charge in [0, 0.05) is 35.6 Å². The first-order valence-corrected chi connectivity index (χ1v) is 10.9. The molecule has 0 radical (unpaired) electrons. The standard InChI is InChI=1S/C26H31NO5/c1-6-31-24(28)26(3,25(29)32-7-2)16-20(19-13-9-11-15-23(19)30-5)21-17-27(4)22-14-10-8-12-18(21)22/h8-15,17,20H,6-7,16H2,1-5H3. The lowest BCUT2D eigenvalue weighted by molar-refractivity contribution is -0.171. The summed E-state index contributed by atoms with van der Waals surface area (Å²) < 4.78 is 18.4. The highest BCUT2D eigenvalue weighted by Gasteiger charge is 2.47. The van der Waals surface area contributed by atoms with Gasteiger partial charge in [-0.15, -0.1) is 0 Å². The molecule has 0 bridgehead atoms. The van der Waals surface area contributed by atoms with Crippen LogP contribution in [0.5, 0.6) is 5.75 Å². The normalized spacial score (nSPS) is 12.4. The summed E-state index contributed by atoms with van der Waals surface area (Å²) in [5, 5.41) is 1.06. The van der Waals surface area contributed by atoms with Gasteiger partial charge in [-0.25, -0.2) is 0 Å². The van der Waals surface area contributed by atoms with Crippen molar-refractivity contribution in [2.45, 2.75) is 33.1 Å². The molecule has 0 spiro atoms. The van der Waals surface area contributed by atoms with Crippen LogP contribution in [-0.4, -0.2) is 36.8 Å². The summed E-state index contributed by atoms with van der Waals surface area (Å²) in [6, 6.07) is 15.8. The van der Waals surface area contributed by atoms with Crippen molar-refractivity contribution in [2.24, 2.45) is 12.5 Å². The maximum absolute atomic E-state index is 13.0. The second-order valence-electron chi connectivity index (χ2n) is 7.98. The molecule has 0 saturated carbocycles. The molecule has 1 heterocycles. The Morgan fingerprint density at radius 2 is 1.53 bits per heavy atom. The fourth-order valence-corrected chi connectivity index (χ4v) is 4.23. The van der Waals surface area contributed by atoms with Gasteiger partial charge >= 0.3 is 11.9 Å². The number of carbonyl (C=O) groups is 2. The Bertz CT molecular complexity index is 1080. The highest BCUT2D eigenvalue weighted by atomic mass is 16.6. The Morgan fingerprint density at radius 3 is 2.16 bits per heavy atom. The Balaban J connectivity index is 2.22. The molecule has 3 aromatic rings. The number of esters is 2. The molecule has 6 nitrogen and oxygen atoms in total. The maximum atomic E-state index is 13.0. The molecular weight excluding hydrogens is 406 g/mol. The van der Waals surface area contributed by atoms with E-state index in [9.17, 15) is 9.59 Å². The molecule has 0 N–H and O–H groups in total. The molecular formula is C26H31NO5. The van der Waals surface area contributed by atoms with Gasteiger partial charge in [-0.3, -0.25) is 9.59 Å². The van der Waals surface area contributed by atoms with E-state index in [0.717, 1.165) is 22.0 Å². The molecule has 0 aliphatic heterocycles. The first-order valence-electron chi connectivity index (χ1n) is 10.9. The Morgan fingerprint density at radius 1 is 0.938 bits per heavy atom. The number of ether oxygens (including phenoxy) is 3. The summed E-state index contributed by atoms with van der Waals surface area (Å²) in [4.78, 5) is 26.1. The highest BCUT2D eigenvalue weighted by molar-refractivity contribution is 6.00.